The molecule has 1 saturated carbocycles. The van der Waals surface area contributed by atoms with Crippen LogP contribution < -0.4 is 10.6 Å². The highest BCUT2D eigenvalue weighted by Crippen LogP contribution is 2.28. The van der Waals surface area contributed by atoms with Crippen molar-refractivity contribution in [2.24, 2.45) is 10.9 Å². The van der Waals surface area contributed by atoms with Crippen molar-refractivity contribution in [1.29, 1.82) is 0 Å². The van der Waals surface area contributed by atoms with Crippen LogP contribution in [0.25, 0.3) is 0 Å². The maximum atomic E-state index is 4.20. The predicted octanol–water partition coefficient (Wildman–Crippen LogP) is 2.92. The van der Waals surface area contributed by atoms with Crippen molar-refractivity contribution in [3.05, 3.63) is 0 Å². The number of hydrogen-bond donors (Lipinski definition) is 2. The summed E-state index contributed by atoms with van der Waals surface area (Å²) in [6.45, 7) is 5.30. The average molecular weight is 239 g/mol. The van der Waals surface area contributed by atoms with Crippen molar-refractivity contribution < 1.29 is 0 Å². The summed E-state index contributed by atoms with van der Waals surface area (Å²) in [4.78, 5) is 4.20. The topological polar surface area (TPSA) is 36.4 Å². The Kier molecular flexibility index (Phi) is 7.06. The predicted molar refractivity (Wildman–Crippen MR) is 75.4 cm³/mol. The number of nitrogens with one attached hydrogen (secondary N) is 2. The first-order valence-corrected chi connectivity index (χ1v) is 7.19. The van der Waals surface area contributed by atoms with E-state index in [4.69, 9.17) is 0 Å². The molecule has 0 atom stereocenters. The lowest BCUT2D eigenvalue weighted by Crippen LogP contribution is -2.41. The summed E-state index contributed by atoms with van der Waals surface area (Å²) in [5.41, 5.74) is 0. The second kappa shape index (κ2) is 8.37. The lowest BCUT2D eigenvalue weighted by molar-refractivity contribution is 0.472. The normalized spacial score (nSPS) is 17.8. The van der Waals surface area contributed by atoms with E-state index in [1.54, 1.807) is 0 Å². The third-order valence-electron chi connectivity index (χ3n) is 3.46. The molecule has 1 aliphatic carbocycles. The van der Waals surface area contributed by atoms with Gasteiger partial charge in [0.15, 0.2) is 5.96 Å². The highest BCUT2D eigenvalue weighted by Gasteiger charge is 2.13. The van der Waals surface area contributed by atoms with Crippen LogP contribution in [0.15, 0.2) is 4.99 Å². The van der Waals surface area contributed by atoms with Crippen LogP contribution in [0, 0.1) is 5.92 Å². The van der Waals surface area contributed by atoms with E-state index >= 15 is 0 Å². The van der Waals surface area contributed by atoms with E-state index in [1.807, 2.05) is 7.05 Å². The second-order valence-electron chi connectivity index (χ2n) is 5.44. The molecule has 0 amide bonds. The Hall–Kier alpha value is -0.730. The first-order chi connectivity index (χ1) is 8.22. The zero-order chi connectivity index (χ0) is 12.5. The fraction of sp³-hybridized carbons (Fsp3) is 0.929. The van der Waals surface area contributed by atoms with Gasteiger partial charge in [0.05, 0.1) is 0 Å². The van der Waals surface area contributed by atoms with Crippen molar-refractivity contribution in [3.8, 4) is 0 Å². The Morgan fingerprint density at radius 3 is 2.53 bits per heavy atom. The maximum absolute atomic E-state index is 4.20. The standard InChI is InChI=1S/C14H29N3/c1-12(2)17-14(15-3)16-11-7-6-10-13-8-4-5-9-13/h12-13H,4-11H2,1-3H3,(H2,15,16,17). The number of nitrogens with zero attached hydrogens (tertiary/aromatic N) is 1. The minimum atomic E-state index is 0.444. The summed E-state index contributed by atoms with van der Waals surface area (Å²) >= 11 is 0. The smallest absolute Gasteiger partial charge is 0.191 e. The molecule has 0 saturated heterocycles. The van der Waals surface area contributed by atoms with E-state index in [1.165, 1.54) is 44.9 Å². The molecule has 3 heteroatoms. The van der Waals surface area contributed by atoms with Crippen molar-refractivity contribution >= 4 is 5.96 Å². The van der Waals surface area contributed by atoms with Crippen LogP contribution in [-0.4, -0.2) is 25.6 Å². The molecule has 0 aromatic rings. The summed E-state index contributed by atoms with van der Waals surface area (Å²) in [6.07, 6.45) is 9.93. The van der Waals surface area contributed by atoms with Gasteiger partial charge in [-0.3, -0.25) is 4.99 Å². The average Bonchev–Trinajstić information content (AvgIpc) is 2.79. The van der Waals surface area contributed by atoms with Gasteiger partial charge in [-0.25, -0.2) is 0 Å². The van der Waals surface area contributed by atoms with Gasteiger partial charge in [-0.1, -0.05) is 38.5 Å². The van der Waals surface area contributed by atoms with E-state index in [9.17, 15) is 0 Å². The molecular formula is C14H29N3. The van der Waals surface area contributed by atoms with E-state index in [2.05, 4.69) is 29.5 Å². The molecule has 0 unspecified atom stereocenters. The molecule has 1 rings (SSSR count). The fourth-order valence-electron chi connectivity index (χ4n) is 2.53. The van der Waals surface area contributed by atoms with E-state index in [0.717, 1.165) is 18.4 Å². The van der Waals surface area contributed by atoms with E-state index in [0.29, 0.717) is 6.04 Å². The number of rotatable bonds is 6. The molecule has 1 aliphatic rings. The van der Waals surface area contributed by atoms with Gasteiger partial charge in [0.2, 0.25) is 0 Å². The molecule has 2 N–H and O–H groups in total. The van der Waals surface area contributed by atoms with E-state index < -0.39 is 0 Å². The third kappa shape index (κ3) is 6.54. The molecule has 100 valence electrons. The molecule has 0 aliphatic heterocycles. The monoisotopic (exact) mass is 239 g/mol. The highest BCUT2D eigenvalue weighted by atomic mass is 15.2. The van der Waals surface area contributed by atoms with Gasteiger partial charge in [-0.15, -0.1) is 0 Å². The summed E-state index contributed by atoms with van der Waals surface area (Å²) < 4.78 is 0. The van der Waals surface area contributed by atoms with Crippen LogP contribution in [0.3, 0.4) is 0 Å². The Balaban J connectivity index is 1.98. The molecular weight excluding hydrogens is 210 g/mol. The first kappa shape index (κ1) is 14.3. The SMILES string of the molecule is CN=C(NCCCCC1CCCC1)NC(C)C. The van der Waals surface area contributed by atoms with Crippen LogP contribution in [-0.2, 0) is 0 Å². The number of guanidine groups is 1. The maximum Gasteiger partial charge on any atom is 0.191 e. The summed E-state index contributed by atoms with van der Waals surface area (Å²) in [5, 5.41) is 6.67. The Labute approximate surface area is 106 Å². The summed E-state index contributed by atoms with van der Waals surface area (Å²) in [7, 11) is 1.83. The van der Waals surface area contributed by atoms with Crippen molar-refractivity contribution in [2.75, 3.05) is 13.6 Å². The molecule has 0 spiro atoms. The summed E-state index contributed by atoms with van der Waals surface area (Å²) in [6, 6.07) is 0.444. The molecule has 0 aromatic carbocycles. The van der Waals surface area contributed by atoms with Gasteiger partial charge in [0, 0.05) is 19.6 Å². The van der Waals surface area contributed by atoms with Gasteiger partial charge in [-0.05, 0) is 26.2 Å². The molecule has 0 radical (unpaired) electrons. The number of hydrogen-bond acceptors (Lipinski definition) is 1. The minimum Gasteiger partial charge on any atom is -0.356 e. The molecule has 1 fully saturated rings. The lowest BCUT2D eigenvalue weighted by Gasteiger charge is -2.14. The van der Waals surface area contributed by atoms with Crippen molar-refractivity contribution in [2.45, 2.75) is 64.8 Å². The van der Waals surface area contributed by atoms with Gasteiger partial charge in [0.25, 0.3) is 0 Å². The molecule has 0 bridgehead atoms. The lowest BCUT2D eigenvalue weighted by atomic mass is 10.0. The quantitative estimate of drug-likeness (QED) is 0.425. The van der Waals surface area contributed by atoms with Gasteiger partial charge < -0.3 is 10.6 Å². The molecule has 0 aromatic heterocycles. The second-order valence-corrected chi connectivity index (χ2v) is 5.44. The first-order valence-electron chi connectivity index (χ1n) is 7.19. The number of unbranched alkanes of at least 4 members (excludes halogenated alkanes) is 1. The fourth-order valence-corrected chi connectivity index (χ4v) is 2.53. The molecule has 17 heavy (non-hydrogen) atoms. The van der Waals surface area contributed by atoms with Gasteiger partial charge in [0.1, 0.15) is 0 Å². The van der Waals surface area contributed by atoms with E-state index in [-0.39, 0.29) is 0 Å². The number of aliphatic imine (C=N–C) groups is 1. The van der Waals surface area contributed by atoms with Gasteiger partial charge in [-0.2, -0.15) is 0 Å². The van der Waals surface area contributed by atoms with Crippen LogP contribution in [0.4, 0.5) is 0 Å². The van der Waals surface area contributed by atoms with Crippen molar-refractivity contribution in [1.82, 2.24) is 10.6 Å². The zero-order valence-corrected chi connectivity index (χ0v) is 11.8. The largest absolute Gasteiger partial charge is 0.356 e. The van der Waals surface area contributed by atoms with Crippen LogP contribution >= 0.6 is 0 Å². The minimum absolute atomic E-state index is 0.444. The Morgan fingerprint density at radius 2 is 1.94 bits per heavy atom. The Bertz CT molecular complexity index is 218. The van der Waals surface area contributed by atoms with Crippen LogP contribution in [0.1, 0.15) is 58.8 Å². The zero-order valence-electron chi connectivity index (χ0n) is 11.8. The highest BCUT2D eigenvalue weighted by molar-refractivity contribution is 5.79. The summed E-state index contributed by atoms with van der Waals surface area (Å²) in [5.74, 6) is 1.96. The molecule has 0 heterocycles. The van der Waals surface area contributed by atoms with Crippen LogP contribution in [0.2, 0.25) is 0 Å². The third-order valence-corrected chi connectivity index (χ3v) is 3.46. The van der Waals surface area contributed by atoms with Gasteiger partial charge >= 0.3 is 0 Å². The van der Waals surface area contributed by atoms with Crippen LogP contribution in [0.5, 0.6) is 0 Å². The molecule has 3 nitrogen and oxygen atoms in total. The van der Waals surface area contributed by atoms with Crippen molar-refractivity contribution in [3.63, 3.8) is 0 Å². The Morgan fingerprint density at radius 1 is 1.24 bits per heavy atom.